The first-order valence-electron chi connectivity index (χ1n) is 8.41. The fourth-order valence-electron chi connectivity index (χ4n) is 3.01. The van der Waals surface area contributed by atoms with Gasteiger partial charge in [0.05, 0.1) is 6.04 Å². The first kappa shape index (κ1) is 19.5. The minimum absolute atomic E-state index is 0.176. The Morgan fingerprint density at radius 2 is 2.11 bits per heavy atom. The van der Waals surface area contributed by atoms with Crippen LogP contribution in [-0.4, -0.2) is 35.4 Å². The summed E-state index contributed by atoms with van der Waals surface area (Å²) >= 11 is 8.23. The zero-order chi connectivity index (χ0) is 19.7. The molecule has 3 heterocycles. The smallest absolute Gasteiger partial charge is 0.286 e. The number of hydrogen-bond donors (Lipinski definition) is 1. The number of hydrogen-bond acceptors (Lipinski definition) is 7. The molecule has 1 fully saturated rings. The summed E-state index contributed by atoms with van der Waals surface area (Å²) in [7, 11) is -3.58. The van der Waals surface area contributed by atoms with Crippen LogP contribution in [0.1, 0.15) is 33.7 Å². The van der Waals surface area contributed by atoms with E-state index >= 15 is 0 Å². The van der Waals surface area contributed by atoms with Crippen LogP contribution in [-0.2, 0) is 10.0 Å². The predicted octanol–water partition coefficient (Wildman–Crippen LogP) is 4.03. The highest BCUT2D eigenvalue weighted by Gasteiger charge is 2.38. The number of anilines is 1. The molecule has 0 radical (unpaired) electrons. The molecule has 146 valence electrons. The molecule has 1 aliphatic heterocycles. The largest absolute Gasteiger partial charge is 0.320 e. The molecule has 28 heavy (non-hydrogen) atoms. The van der Waals surface area contributed by atoms with Crippen molar-refractivity contribution in [3.63, 3.8) is 0 Å². The highest BCUT2D eigenvalue weighted by atomic mass is 35.5. The van der Waals surface area contributed by atoms with Gasteiger partial charge in [-0.1, -0.05) is 35.1 Å². The van der Waals surface area contributed by atoms with Crippen LogP contribution in [0, 0.1) is 0 Å². The number of nitrogens with one attached hydrogen (secondary N) is 1. The fraction of sp³-hybridized carbons (Fsp3) is 0.235. The van der Waals surface area contributed by atoms with E-state index in [0.717, 1.165) is 17.8 Å². The summed E-state index contributed by atoms with van der Waals surface area (Å²) in [6, 6.07) is 9.70. The molecule has 0 saturated carbocycles. The van der Waals surface area contributed by atoms with E-state index in [1.807, 2.05) is 0 Å². The number of halogens is 1. The maximum atomic E-state index is 12.9. The molecule has 1 aliphatic rings. The van der Waals surface area contributed by atoms with Gasteiger partial charge in [-0.2, -0.15) is 4.31 Å². The number of carbonyl (C=O) groups is 1. The molecule has 1 amide bonds. The zero-order valence-electron chi connectivity index (χ0n) is 14.4. The van der Waals surface area contributed by atoms with Gasteiger partial charge in [0.15, 0.2) is 0 Å². The van der Waals surface area contributed by atoms with Crippen molar-refractivity contribution in [3.8, 4) is 0 Å². The first-order valence-corrected chi connectivity index (χ1v) is 11.9. The summed E-state index contributed by atoms with van der Waals surface area (Å²) in [4.78, 5) is 12.4. The molecule has 1 unspecified atom stereocenters. The van der Waals surface area contributed by atoms with Crippen LogP contribution in [0.3, 0.4) is 0 Å². The second-order valence-corrected chi connectivity index (χ2v) is 10.6. The van der Waals surface area contributed by atoms with Crippen molar-refractivity contribution >= 4 is 55.9 Å². The molecule has 1 aromatic carbocycles. The first-order chi connectivity index (χ1) is 13.4. The molecular weight excluding hydrogens is 440 g/mol. The molecule has 1 saturated heterocycles. The normalized spacial score (nSPS) is 17.7. The van der Waals surface area contributed by atoms with Crippen molar-refractivity contribution < 1.29 is 13.2 Å². The molecule has 1 atom stereocenters. The zero-order valence-corrected chi connectivity index (χ0v) is 17.6. The van der Waals surface area contributed by atoms with Crippen LogP contribution in [0.15, 0.2) is 46.0 Å². The molecule has 0 bridgehead atoms. The van der Waals surface area contributed by atoms with Crippen molar-refractivity contribution in [2.75, 3.05) is 11.9 Å². The van der Waals surface area contributed by atoms with Crippen molar-refractivity contribution in [2.45, 2.75) is 23.1 Å². The maximum absolute atomic E-state index is 12.9. The van der Waals surface area contributed by atoms with E-state index in [1.165, 1.54) is 15.6 Å². The van der Waals surface area contributed by atoms with Gasteiger partial charge in [-0.15, -0.1) is 21.5 Å². The number of thiophene rings is 1. The Morgan fingerprint density at radius 1 is 1.25 bits per heavy atom. The van der Waals surface area contributed by atoms with E-state index in [2.05, 4.69) is 15.5 Å². The SMILES string of the molecule is O=C(Nc1cccc(Cl)c1)c1nnc(C2CCCN2S(=O)(=O)c2cccs2)s1. The molecule has 7 nitrogen and oxygen atoms in total. The van der Waals surface area contributed by atoms with Crippen LogP contribution in [0.5, 0.6) is 0 Å². The van der Waals surface area contributed by atoms with Crippen LogP contribution in [0.2, 0.25) is 5.02 Å². The lowest BCUT2D eigenvalue weighted by Gasteiger charge is -2.21. The Hall–Kier alpha value is -1.85. The third-order valence-electron chi connectivity index (χ3n) is 4.26. The van der Waals surface area contributed by atoms with Gasteiger partial charge in [-0.05, 0) is 42.5 Å². The fourth-order valence-corrected chi connectivity index (χ4v) is 6.94. The molecule has 3 aromatic rings. The summed E-state index contributed by atoms with van der Waals surface area (Å²) in [5, 5.41) is 13.7. The summed E-state index contributed by atoms with van der Waals surface area (Å²) in [6.45, 7) is 0.425. The lowest BCUT2D eigenvalue weighted by molar-refractivity contribution is 0.102. The Labute approximate surface area is 175 Å². The molecule has 4 rings (SSSR count). The second-order valence-electron chi connectivity index (χ2n) is 6.12. The molecule has 2 aromatic heterocycles. The number of nitrogens with zero attached hydrogens (tertiary/aromatic N) is 3. The third kappa shape index (κ3) is 3.83. The summed E-state index contributed by atoms with van der Waals surface area (Å²) in [5.41, 5.74) is 0.553. The summed E-state index contributed by atoms with van der Waals surface area (Å²) in [6.07, 6.45) is 1.38. The van der Waals surface area contributed by atoms with E-state index in [1.54, 1.807) is 41.8 Å². The van der Waals surface area contributed by atoms with E-state index < -0.39 is 22.0 Å². The lowest BCUT2D eigenvalue weighted by atomic mass is 10.2. The number of benzene rings is 1. The number of carbonyl (C=O) groups excluding carboxylic acids is 1. The maximum Gasteiger partial charge on any atom is 0.286 e. The average molecular weight is 455 g/mol. The number of sulfonamides is 1. The highest BCUT2D eigenvalue weighted by Crippen LogP contribution is 2.38. The number of rotatable bonds is 5. The van der Waals surface area contributed by atoms with Gasteiger partial charge in [0.1, 0.15) is 9.22 Å². The van der Waals surface area contributed by atoms with Crippen LogP contribution in [0.25, 0.3) is 0 Å². The van der Waals surface area contributed by atoms with Gasteiger partial charge in [-0.3, -0.25) is 4.79 Å². The van der Waals surface area contributed by atoms with Crippen molar-refractivity contribution in [3.05, 3.63) is 56.8 Å². The second kappa shape index (κ2) is 7.88. The quantitative estimate of drug-likeness (QED) is 0.628. The van der Waals surface area contributed by atoms with Gasteiger partial charge < -0.3 is 5.32 Å². The Bertz CT molecular complexity index is 1100. The van der Waals surface area contributed by atoms with E-state index in [9.17, 15) is 13.2 Å². The molecule has 0 aliphatic carbocycles. The Morgan fingerprint density at radius 3 is 2.86 bits per heavy atom. The highest BCUT2D eigenvalue weighted by molar-refractivity contribution is 7.91. The van der Waals surface area contributed by atoms with Crippen molar-refractivity contribution in [1.29, 1.82) is 0 Å². The van der Waals surface area contributed by atoms with Gasteiger partial charge >= 0.3 is 0 Å². The molecule has 0 spiro atoms. The van der Waals surface area contributed by atoms with Crippen LogP contribution in [0.4, 0.5) is 5.69 Å². The van der Waals surface area contributed by atoms with E-state index in [0.29, 0.717) is 32.9 Å². The minimum Gasteiger partial charge on any atom is -0.320 e. The average Bonchev–Trinajstić information content (AvgIpc) is 3.42. The van der Waals surface area contributed by atoms with E-state index in [4.69, 9.17) is 11.6 Å². The lowest BCUT2D eigenvalue weighted by Crippen LogP contribution is -2.30. The molecule has 1 N–H and O–H groups in total. The van der Waals surface area contributed by atoms with Gasteiger partial charge in [0, 0.05) is 17.3 Å². The standard InChI is InChI=1S/C17H15ClN4O3S3/c18-11-4-1-5-12(10-11)19-15(23)17-21-20-16(27-17)13-6-2-8-22(13)28(24,25)14-7-3-9-26-14/h1,3-5,7,9-10,13H,2,6,8H2,(H,19,23). The summed E-state index contributed by atoms with van der Waals surface area (Å²) < 4.78 is 27.6. The van der Waals surface area contributed by atoms with Gasteiger partial charge in [0.2, 0.25) is 5.01 Å². The third-order valence-corrected chi connectivity index (χ3v) is 8.80. The topological polar surface area (TPSA) is 92.3 Å². The van der Waals surface area contributed by atoms with Crippen molar-refractivity contribution in [2.24, 2.45) is 0 Å². The minimum atomic E-state index is -3.58. The van der Waals surface area contributed by atoms with Gasteiger partial charge in [-0.25, -0.2) is 8.42 Å². The van der Waals surface area contributed by atoms with Crippen LogP contribution < -0.4 is 5.32 Å². The Kier molecular flexibility index (Phi) is 5.48. The molecule has 11 heteroatoms. The number of aromatic nitrogens is 2. The van der Waals surface area contributed by atoms with Crippen molar-refractivity contribution in [1.82, 2.24) is 14.5 Å². The van der Waals surface area contributed by atoms with Gasteiger partial charge in [0.25, 0.3) is 15.9 Å². The number of amides is 1. The van der Waals surface area contributed by atoms with E-state index in [-0.39, 0.29) is 5.01 Å². The summed E-state index contributed by atoms with van der Waals surface area (Å²) in [5.74, 6) is -0.406. The Balaban J connectivity index is 1.54. The molecular formula is C17H15ClN4O3S3. The predicted molar refractivity (Wildman–Crippen MR) is 110 cm³/mol. The van der Waals surface area contributed by atoms with Crippen LogP contribution >= 0.6 is 34.3 Å². The monoisotopic (exact) mass is 454 g/mol.